The lowest BCUT2D eigenvalue weighted by molar-refractivity contribution is -0.141. The summed E-state index contributed by atoms with van der Waals surface area (Å²) < 4.78 is 5.86. The normalized spacial score (nSPS) is 62.7. The SMILES string of the molecule is C[C@]12C[C@H]3O[C@H]3CC1CCC1C2CC[C@]2(C)C(=O)[C@H](O)CC12. The van der Waals surface area contributed by atoms with Gasteiger partial charge in [-0.05, 0) is 74.0 Å². The van der Waals surface area contributed by atoms with Crippen LogP contribution in [0.4, 0.5) is 0 Å². The van der Waals surface area contributed by atoms with Gasteiger partial charge in [-0.25, -0.2) is 0 Å². The van der Waals surface area contributed by atoms with Crippen LogP contribution in [0.25, 0.3) is 0 Å². The van der Waals surface area contributed by atoms with Gasteiger partial charge in [-0.15, -0.1) is 0 Å². The van der Waals surface area contributed by atoms with Crippen molar-refractivity contribution >= 4 is 5.78 Å². The van der Waals surface area contributed by atoms with Crippen molar-refractivity contribution in [2.24, 2.45) is 34.5 Å². The summed E-state index contributed by atoms with van der Waals surface area (Å²) in [4.78, 5) is 12.5. The van der Waals surface area contributed by atoms with E-state index in [1.165, 1.54) is 32.1 Å². The van der Waals surface area contributed by atoms with E-state index in [-0.39, 0.29) is 11.2 Å². The topological polar surface area (TPSA) is 49.8 Å². The Labute approximate surface area is 132 Å². The predicted octanol–water partition coefficient (Wildman–Crippen LogP) is 2.95. The Morgan fingerprint density at radius 3 is 2.73 bits per heavy atom. The number of ether oxygens (including phenoxy) is 1. The summed E-state index contributed by atoms with van der Waals surface area (Å²) in [6, 6.07) is 0. The van der Waals surface area contributed by atoms with Crippen molar-refractivity contribution in [1.29, 1.82) is 0 Å². The molecule has 0 amide bonds. The zero-order valence-corrected chi connectivity index (χ0v) is 13.8. The highest BCUT2D eigenvalue weighted by Crippen LogP contribution is 2.67. The van der Waals surface area contributed by atoms with E-state index in [9.17, 15) is 9.90 Å². The molecule has 5 fully saturated rings. The summed E-state index contributed by atoms with van der Waals surface area (Å²) in [7, 11) is 0. The van der Waals surface area contributed by atoms with Gasteiger partial charge in [0.2, 0.25) is 0 Å². The lowest BCUT2D eigenvalue weighted by Crippen LogP contribution is -2.53. The van der Waals surface area contributed by atoms with Gasteiger partial charge in [0.1, 0.15) is 6.10 Å². The fourth-order valence-corrected chi connectivity index (χ4v) is 7.31. The fourth-order valence-electron chi connectivity index (χ4n) is 7.31. The average Bonchev–Trinajstić information content (AvgIpc) is 3.18. The molecule has 9 atom stereocenters. The number of aliphatic hydroxyl groups is 1. The van der Waals surface area contributed by atoms with Crippen molar-refractivity contribution in [3.05, 3.63) is 0 Å². The van der Waals surface area contributed by atoms with Crippen molar-refractivity contribution < 1.29 is 14.6 Å². The molecule has 3 heteroatoms. The van der Waals surface area contributed by atoms with E-state index in [4.69, 9.17) is 4.74 Å². The van der Waals surface area contributed by atoms with Gasteiger partial charge in [0, 0.05) is 5.41 Å². The second-order valence-corrected chi connectivity index (χ2v) is 9.38. The zero-order valence-electron chi connectivity index (χ0n) is 13.8. The van der Waals surface area contributed by atoms with Gasteiger partial charge in [0.25, 0.3) is 0 Å². The van der Waals surface area contributed by atoms with Gasteiger partial charge in [-0.3, -0.25) is 4.79 Å². The van der Waals surface area contributed by atoms with E-state index < -0.39 is 6.10 Å². The molecule has 3 nitrogen and oxygen atoms in total. The average molecular weight is 304 g/mol. The van der Waals surface area contributed by atoms with E-state index in [1.807, 2.05) is 0 Å². The summed E-state index contributed by atoms with van der Waals surface area (Å²) >= 11 is 0. The maximum absolute atomic E-state index is 12.5. The summed E-state index contributed by atoms with van der Waals surface area (Å²) in [6.45, 7) is 4.66. The summed E-state index contributed by atoms with van der Waals surface area (Å²) in [5.41, 5.74) is 0.176. The molecule has 1 N–H and O–H groups in total. The van der Waals surface area contributed by atoms with Crippen LogP contribution >= 0.6 is 0 Å². The molecule has 122 valence electrons. The van der Waals surface area contributed by atoms with E-state index in [1.54, 1.807) is 0 Å². The third kappa shape index (κ3) is 1.57. The number of hydrogen-bond donors (Lipinski definition) is 1. The fraction of sp³-hybridized carbons (Fsp3) is 0.947. The van der Waals surface area contributed by atoms with Crippen molar-refractivity contribution in [3.8, 4) is 0 Å². The highest BCUT2D eigenvalue weighted by molar-refractivity contribution is 5.91. The number of aliphatic hydroxyl groups excluding tert-OH is 1. The van der Waals surface area contributed by atoms with Crippen LogP contribution in [-0.4, -0.2) is 29.2 Å². The Hall–Kier alpha value is -0.410. The number of hydrogen-bond acceptors (Lipinski definition) is 3. The number of rotatable bonds is 0. The largest absolute Gasteiger partial charge is 0.385 e. The number of fused-ring (bicyclic) bond motifs is 6. The lowest BCUT2D eigenvalue weighted by atomic mass is 9.45. The van der Waals surface area contributed by atoms with Gasteiger partial charge >= 0.3 is 0 Å². The summed E-state index contributed by atoms with van der Waals surface area (Å²) in [5, 5.41) is 10.2. The standard InChI is InChI=1S/C19H28O3/c1-18-6-5-12-11(13(18)8-14(20)17(18)21)4-3-10-7-15-16(22-15)9-19(10,12)2/h10-16,20H,3-9H2,1-2H3/t10?,11?,12?,13?,14-,15+,16-,18+,19+/m1/s1. The minimum atomic E-state index is -0.693. The number of ketones is 1. The number of carbonyl (C=O) groups is 1. The Bertz CT molecular complexity index is 531. The van der Waals surface area contributed by atoms with E-state index in [0.29, 0.717) is 29.5 Å². The number of Topliss-reactive ketones (excluding diaryl/α,β-unsaturated/α-hetero) is 1. The first-order chi connectivity index (χ1) is 10.4. The molecule has 5 aliphatic rings. The summed E-state index contributed by atoms with van der Waals surface area (Å²) in [6.07, 6.45) is 8.39. The second-order valence-electron chi connectivity index (χ2n) is 9.38. The molecule has 0 aromatic carbocycles. The lowest BCUT2D eigenvalue weighted by Gasteiger charge is -2.58. The molecule has 1 aliphatic heterocycles. The summed E-state index contributed by atoms with van der Waals surface area (Å²) in [5.74, 6) is 2.77. The quantitative estimate of drug-likeness (QED) is 0.700. The van der Waals surface area contributed by atoms with Gasteiger partial charge < -0.3 is 9.84 Å². The molecule has 1 heterocycles. The molecular formula is C19H28O3. The number of epoxide rings is 1. The molecule has 5 rings (SSSR count). The maximum atomic E-state index is 12.5. The molecule has 0 spiro atoms. The third-order valence-electron chi connectivity index (χ3n) is 8.64. The van der Waals surface area contributed by atoms with Crippen molar-refractivity contribution in [3.63, 3.8) is 0 Å². The second kappa shape index (κ2) is 4.16. The molecule has 0 aromatic rings. The minimum Gasteiger partial charge on any atom is -0.385 e. The smallest absolute Gasteiger partial charge is 0.167 e. The molecule has 1 saturated heterocycles. The van der Waals surface area contributed by atoms with Crippen molar-refractivity contribution in [1.82, 2.24) is 0 Å². The molecule has 4 unspecified atom stereocenters. The molecule has 0 aromatic heterocycles. The highest BCUT2D eigenvalue weighted by Gasteiger charge is 2.64. The molecule has 4 aliphatic carbocycles. The Morgan fingerprint density at radius 2 is 1.91 bits per heavy atom. The maximum Gasteiger partial charge on any atom is 0.167 e. The van der Waals surface area contributed by atoms with E-state index in [0.717, 1.165) is 24.7 Å². The van der Waals surface area contributed by atoms with Gasteiger partial charge in [0.15, 0.2) is 5.78 Å². The van der Waals surface area contributed by atoms with Crippen LogP contribution in [0.5, 0.6) is 0 Å². The molecule has 4 saturated carbocycles. The molecule has 0 radical (unpaired) electrons. The van der Waals surface area contributed by atoms with E-state index >= 15 is 0 Å². The van der Waals surface area contributed by atoms with Crippen molar-refractivity contribution in [2.75, 3.05) is 0 Å². The first kappa shape index (κ1) is 14.0. The van der Waals surface area contributed by atoms with Crippen LogP contribution in [0.3, 0.4) is 0 Å². The third-order valence-corrected chi connectivity index (χ3v) is 8.64. The van der Waals surface area contributed by atoms with Crippen LogP contribution < -0.4 is 0 Å². The highest BCUT2D eigenvalue weighted by atomic mass is 16.6. The van der Waals surface area contributed by atoms with Gasteiger partial charge in [-0.2, -0.15) is 0 Å². The Kier molecular flexibility index (Phi) is 2.64. The van der Waals surface area contributed by atoms with Crippen LogP contribution in [-0.2, 0) is 9.53 Å². The van der Waals surface area contributed by atoms with Crippen LogP contribution in [0.15, 0.2) is 0 Å². The van der Waals surface area contributed by atoms with Crippen LogP contribution in [0.2, 0.25) is 0 Å². The minimum absolute atomic E-state index is 0.137. The first-order valence-corrected chi connectivity index (χ1v) is 9.31. The molecular weight excluding hydrogens is 276 g/mol. The van der Waals surface area contributed by atoms with Gasteiger partial charge in [-0.1, -0.05) is 13.8 Å². The zero-order chi connectivity index (χ0) is 15.3. The Balaban J connectivity index is 1.49. The van der Waals surface area contributed by atoms with Crippen LogP contribution in [0, 0.1) is 34.5 Å². The molecule has 0 bridgehead atoms. The monoisotopic (exact) mass is 304 g/mol. The van der Waals surface area contributed by atoms with Crippen molar-refractivity contribution in [2.45, 2.75) is 77.1 Å². The van der Waals surface area contributed by atoms with Gasteiger partial charge in [0.05, 0.1) is 12.2 Å². The predicted molar refractivity (Wildman–Crippen MR) is 82.2 cm³/mol. The Morgan fingerprint density at radius 1 is 1.09 bits per heavy atom. The number of carbonyl (C=O) groups excluding carboxylic acids is 1. The molecule has 22 heavy (non-hydrogen) atoms. The van der Waals surface area contributed by atoms with E-state index in [2.05, 4.69) is 13.8 Å². The van der Waals surface area contributed by atoms with Crippen LogP contribution in [0.1, 0.15) is 58.8 Å². The first-order valence-electron chi connectivity index (χ1n) is 9.31.